The molecule has 2 aromatic rings. The first kappa shape index (κ1) is 15.4. The topological polar surface area (TPSA) is 35.2 Å². The van der Waals surface area contributed by atoms with Crippen LogP contribution in [-0.2, 0) is 6.42 Å². The van der Waals surface area contributed by atoms with Crippen molar-refractivity contribution in [3.63, 3.8) is 0 Å². The van der Waals surface area contributed by atoms with Crippen LogP contribution in [0.5, 0.6) is 11.5 Å². The molecule has 0 spiro atoms. The summed E-state index contributed by atoms with van der Waals surface area (Å²) in [6.07, 6.45) is 1.70. The van der Waals surface area contributed by atoms with Crippen molar-refractivity contribution < 1.29 is 4.74 Å². The third-order valence-corrected chi connectivity index (χ3v) is 3.89. The average Bonchev–Trinajstić information content (AvgIpc) is 2.44. The molecule has 2 nitrogen and oxygen atoms in total. The molecule has 0 aliphatic heterocycles. The molecule has 0 saturated carbocycles. The van der Waals surface area contributed by atoms with E-state index < -0.39 is 0 Å². The number of benzene rings is 2. The van der Waals surface area contributed by atoms with E-state index in [4.69, 9.17) is 22.1 Å². The largest absolute Gasteiger partial charge is 0.456 e. The maximum absolute atomic E-state index is 6.13. The van der Waals surface area contributed by atoms with Crippen molar-refractivity contribution in [1.29, 1.82) is 0 Å². The van der Waals surface area contributed by atoms with E-state index >= 15 is 0 Å². The summed E-state index contributed by atoms with van der Waals surface area (Å²) < 4.78 is 6.95. The van der Waals surface area contributed by atoms with Crippen LogP contribution in [0.1, 0.15) is 18.9 Å². The number of nitrogens with two attached hydrogens (primary N) is 1. The molecular formula is C16H17BrClNO. The molecular weight excluding hydrogens is 338 g/mol. The van der Waals surface area contributed by atoms with E-state index in [-0.39, 0.29) is 6.04 Å². The first-order valence-electron chi connectivity index (χ1n) is 6.56. The van der Waals surface area contributed by atoms with E-state index in [1.54, 1.807) is 0 Å². The van der Waals surface area contributed by atoms with Gasteiger partial charge in [0.05, 0.1) is 5.02 Å². The molecule has 0 aliphatic rings. The lowest BCUT2D eigenvalue weighted by molar-refractivity contribution is 0.472. The Kier molecular flexibility index (Phi) is 5.46. The molecule has 106 valence electrons. The quantitative estimate of drug-likeness (QED) is 0.803. The SMILES string of the molecule is CCC(N)Cc1cc(Br)ccc1Oc1ccccc1Cl. The van der Waals surface area contributed by atoms with E-state index in [2.05, 4.69) is 22.9 Å². The molecule has 0 bridgehead atoms. The zero-order valence-electron chi connectivity index (χ0n) is 11.3. The standard InChI is InChI=1S/C16H17BrClNO/c1-2-13(19)10-11-9-12(17)7-8-15(11)20-16-6-4-3-5-14(16)18/h3-9,13H,2,10,19H2,1H3. The Balaban J connectivity index is 2.29. The maximum atomic E-state index is 6.13. The Morgan fingerprint density at radius 1 is 1.20 bits per heavy atom. The first-order chi connectivity index (χ1) is 9.60. The highest BCUT2D eigenvalue weighted by molar-refractivity contribution is 9.10. The summed E-state index contributed by atoms with van der Waals surface area (Å²) in [5.41, 5.74) is 7.13. The van der Waals surface area contributed by atoms with Crippen LogP contribution in [0.25, 0.3) is 0 Å². The van der Waals surface area contributed by atoms with Crippen LogP contribution in [0, 0.1) is 0 Å². The molecule has 0 aliphatic carbocycles. The third-order valence-electron chi connectivity index (χ3n) is 3.09. The maximum Gasteiger partial charge on any atom is 0.146 e. The van der Waals surface area contributed by atoms with Crippen LogP contribution < -0.4 is 10.5 Å². The molecule has 0 fully saturated rings. The second-order valence-electron chi connectivity index (χ2n) is 4.66. The van der Waals surface area contributed by atoms with E-state index in [1.807, 2.05) is 42.5 Å². The Hall–Kier alpha value is -1.03. The Labute approximate surface area is 133 Å². The Morgan fingerprint density at radius 3 is 2.65 bits per heavy atom. The van der Waals surface area contributed by atoms with Crippen LogP contribution >= 0.6 is 27.5 Å². The van der Waals surface area contributed by atoms with Gasteiger partial charge in [0.1, 0.15) is 11.5 Å². The molecule has 20 heavy (non-hydrogen) atoms. The summed E-state index contributed by atoms with van der Waals surface area (Å²) in [4.78, 5) is 0. The van der Waals surface area contributed by atoms with Gasteiger partial charge in [0.15, 0.2) is 0 Å². The van der Waals surface area contributed by atoms with Crippen molar-refractivity contribution in [2.45, 2.75) is 25.8 Å². The van der Waals surface area contributed by atoms with E-state index in [9.17, 15) is 0 Å². The summed E-state index contributed by atoms with van der Waals surface area (Å²) in [7, 11) is 0. The number of rotatable bonds is 5. The molecule has 2 N–H and O–H groups in total. The number of para-hydroxylation sites is 1. The van der Waals surface area contributed by atoms with Gasteiger partial charge >= 0.3 is 0 Å². The van der Waals surface area contributed by atoms with Gasteiger partial charge in [-0.15, -0.1) is 0 Å². The summed E-state index contributed by atoms with van der Waals surface area (Å²) in [6.45, 7) is 2.08. The predicted molar refractivity (Wildman–Crippen MR) is 87.6 cm³/mol. The van der Waals surface area contributed by atoms with Crippen molar-refractivity contribution in [2.75, 3.05) is 0 Å². The van der Waals surface area contributed by atoms with Gasteiger partial charge in [-0.3, -0.25) is 0 Å². The van der Waals surface area contributed by atoms with Gasteiger partial charge in [0, 0.05) is 10.5 Å². The van der Waals surface area contributed by atoms with Gasteiger partial charge in [0.25, 0.3) is 0 Å². The van der Waals surface area contributed by atoms with Gasteiger partial charge in [-0.2, -0.15) is 0 Å². The van der Waals surface area contributed by atoms with Crippen molar-refractivity contribution in [1.82, 2.24) is 0 Å². The van der Waals surface area contributed by atoms with Gasteiger partial charge in [-0.05, 0) is 48.7 Å². The summed E-state index contributed by atoms with van der Waals surface area (Å²) in [5, 5.41) is 0.598. The van der Waals surface area contributed by atoms with E-state index in [1.165, 1.54) is 0 Å². The molecule has 4 heteroatoms. The lowest BCUT2D eigenvalue weighted by Crippen LogP contribution is -2.21. The highest BCUT2D eigenvalue weighted by Gasteiger charge is 2.11. The minimum atomic E-state index is 0.123. The van der Waals surface area contributed by atoms with Crippen molar-refractivity contribution in [3.8, 4) is 11.5 Å². The number of ether oxygens (including phenoxy) is 1. The second kappa shape index (κ2) is 7.11. The molecule has 0 heterocycles. The summed E-state index contributed by atoms with van der Waals surface area (Å²) >= 11 is 9.62. The monoisotopic (exact) mass is 353 g/mol. The molecule has 0 saturated heterocycles. The molecule has 0 aromatic heterocycles. The van der Waals surface area contributed by atoms with E-state index in [0.29, 0.717) is 10.8 Å². The minimum absolute atomic E-state index is 0.123. The zero-order valence-corrected chi connectivity index (χ0v) is 13.6. The van der Waals surface area contributed by atoms with Crippen LogP contribution in [0.4, 0.5) is 0 Å². The second-order valence-corrected chi connectivity index (χ2v) is 5.98. The normalized spacial score (nSPS) is 12.2. The van der Waals surface area contributed by atoms with Crippen molar-refractivity contribution in [3.05, 3.63) is 57.5 Å². The molecule has 1 atom stereocenters. The smallest absolute Gasteiger partial charge is 0.146 e. The average molecular weight is 355 g/mol. The molecule has 1 unspecified atom stereocenters. The van der Waals surface area contributed by atoms with Crippen LogP contribution in [0.15, 0.2) is 46.9 Å². The van der Waals surface area contributed by atoms with Crippen molar-refractivity contribution in [2.24, 2.45) is 5.73 Å². The first-order valence-corrected chi connectivity index (χ1v) is 7.73. The lowest BCUT2D eigenvalue weighted by atomic mass is 10.0. The van der Waals surface area contributed by atoms with Crippen LogP contribution in [0.3, 0.4) is 0 Å². The molecule has 2 aromatic carbocycles. The van der Waals surface area contributed by atoms with Crippen molar-refractivity contribution >= 4 is 27.5 Å². The van der Waals surface area contributed by atoms with E-state index in [0.717, 1.165) is 28.6 Å². The van der Waals surface area contributed by atoms with Crippen LogP contribution in [0.2, 0.25) is 5.02 Å². The van der Waals surface area contributed by atoms with Gasteiger partial charge in [-0.1, -0.05) is 46.6 Å². The number of hydrogen-bond acceptors (Lipinski definition) is 2. The number of hydrogen-bond donors (Lipinski definition) is 1. The molecule has 0 radical (unpaired) electrons. The zero-order chi connectivity index (χ0) is 14.5. The predicted octanol–water partition coefficient (Wildman–Crippen LogP) is 5.17. The summed E-state index contributed by atoms with van der Waals surface area (Å²) in [6, 6.07) is 13.5. The number of halogens is 2. The third kappa shape index (κ3) is 3.98. The fourth-order valence-corrected chi connectivity index (χ4v) is 2.46. The molecule has 2 rings (SSSR count). The summed E-state index contributed by atoms with van der Waals surface area (Å²) in [5.74, 6) is 1.45. The van der Waals surface area contributed by atoms with Gasteiger partial charge < -0.3 is 10.5 Å². The molecule has 0 amide bonds. The van der Waals surface area contributed by atoms with Gasteiger partial charge in [0.2, 0.25) is 0 Å². The Bertz CT molecular complexity index is 588. The fourth-order valence-electron chi connectivity index (χ4n) is 1.88. The lowest BCUT2D eigenvalue weighted by Gasteiger charge is -2.15. The highest BCUT2D eigenvalue weighted by atomic mass is 79.9. The minimum Gasteiger partial charge on any atom is -0.456 e. The Morgan fingerprint density at radius 2 is 1.95 bits per heavy atom. The highest BCUT2D eigenvalue weighted by Crippen LogP contribution is 2.32. The fraction of sp³-hybridized carbons (Fsp3) is 0.250. The van der Waals surface area contributed by atoms with Gasteiger partial charge in [-0.25, -0.2) is 0 Å². The van der Waals surface area contributed by atoms with Crippen LogP contribution in [-0.4, -0.2) is 6.04 Å².